The summed E-state index contributed by atoms with van der Waals surface area (Å²) >= 11 is 6.05. The van der Waals surface area contributed by atoms with Crippen molar-refractivity contribution in [2.75, 3.05) is 12.3 Å². The SMILES string of the molecule is CCc1ncc(CN2CCC[C@H]2c2nc(N)ncc2-c2ccc(Cl)cc2)cn1. The average molecular weight is 395 g/mol. The molecule has 0 radical (unpaired) electrons. The van der Waals surface area contributed by atoms with Gasteiger partial charge in [0.25, 0.3) is 0 Å². The van der Waals surface area contributed by atoms with Gasteiger partial charge in [-0.05, 0) is 37.1 Å². The number of aromatic nitrogens is 4. The summed E-state index contributed by atoms with van der Waals surface area (Å²) in [6.45, 7) is 3.85. The molecule has 144 valence electrons. The largest absolute Gasteiger partial charge is 0.368 e. The highest BCUT2D eigenvalue weighted by atomic mass is 35.5. The Labute approximate surface area is 169 Å². The van der Waals surface area contributed by atoms with E-state index >= 15 is 0 Å². The second kappa shape index (κ2) is 8.20. The number of rotatable bonds is 5. The van der Waals surface area contributed by atoms with E-state index in [0.717, 1.165) is 60.6 Å². The number of halogens is 1. The third kappa shape index (κ3) is 3.98. The molecule has 0 saturated carbocycles. The molecule has 7 heteroatoms. The van der Waals surface area contributed by atoms with Crippen LogP contribution in [0.3, 0.4) is 0 Å². The van der Waals surface area contributed by atoms with E-state index in [0.29, 0.717) is 11.0 Å². The Morgan fingerprint density at radius 3 is 2.57 bits per heavy atom. The predicted octanol–water partition coefficient (Wildman–Crippen LogP) is 4.07. The fourth-order valence-electron chi connectivity index (χ4n) is 3.72. The number of likely N-dealkylation sites (tertiary alicyclic amines) is 1. The van der Waals surface area contributed by atoms with Gasteiger partial charge in [0.1, 0.15) is 5.82 Å². The van der Waals surface area contributed by atoms with Crippen LogP contribution in [-0.4, -0.2) is 31.4 Å². The fourth-order valence-corrected chi connectivity index (χ4v) is 3.85. The van der Waals surface area contributed by atoms with E-state index in [4.69, 9.17) is 17.3 Å². The van der Waals surface area contributed by atoms with Gasteiger partial charge in [-0.1, -0.05) is 30.7 Å². The molecule has 1 aliphatic heterocycles. The van der Waals surface area contributed by atoms with Gasteiger partial charge in [0.2, 0.25) is 5.95 Å². The summed E-state index contributed by atoms with van der Waals surface area (Å²) in [4.78, 5) is 20.1. The molecule has 4 rings (SSSR count). The van der Waals surface area contributed by atoms with Crippen molar-refractivity contribution >= 4 is 17.5 Å². The van der Waals surface area contributed by atoms with E-state index in [1.54, 1.807) is 0 Å². The minimum absolute atomic E-state index is 0.182. The Hall–Kier alpha value is -2.57. The molecule has 6 nitrogen and oxygen atoms in total. The maximum Gasteiger partial charge on any atom is 0.220 e. The molecule has 1 fully saturated rings. The van der Waals surface area contributed by atoms with Crippen LogP contribution >= 0.6 is 11.6 Å². The number of hydrogen-bond acceptors (Lipinski definition) is 6. The van der Waals surface area contributed by atoms with Crippen molar-refractivity contribution in [1.29, 1.82) is 0 Å². The molecule has 3 heterocycles. The minimum atomic E-state index is 0.182. The standard InChI is InChI=1S/C21H23ClN6/c1-2-19-24-10-14(11-25-19)13-28-9-3-4-18(28)20-17(12-26-21(23)27-20)15-5-7-16(22)8-6-15/h5-8,10-12,18H,2-4,9,13H2,1H3,(H2,23,26,27)/t18-/m0/s1. The average Bonchev–Trinajstić information content (AvgIpc) is 3.17. The number of nitrogens with zero attached hydrogens (tertiary/aromatic N) is 5. The van der Waals surface area contributed by atoms with Crippen molar-refractivity contribution in [1.82, 2.24) is 24.8 Å². The van der Waals surface area contributed by atoms with Crippen molar-refractivity contribution in [2.24, 2.45) is 0 Å². The highest BCUT2D eigenvalue weighted by molar-refractivity contribution is 6.30. The number of nitrogen functional groups attached to an aromatic ring is 1. The first kappa shape index (κ1) is 18.8. The highest BCUT2D eigenvalue weighted by Gasteiger charge is 2.30. The first-order chi connectivity index (χ1) is 13.6. The third-order valence-electron chi connectivity index (χ3n) is 5.13. The van der Waals surface area contributed by atoms with Crippen LogP contribution in [0.4, 0.5) is 5.95 Å². The first-order valence-corrected chi connectivity index (χ1v) is 9.94. The molecule has 3 aromatic rings. The molecule has 0 spiro atoms. The number of benzene rings is 1. The molecule has 2 N–H and O–H groups in total. The van der Waals surface area contributed by atoms with Gasteiger partial charge in [0, 0.05) is 47.7 Å². The number of aryl methyl sites for hydroxylation is 1. The normalized spacial score (nSPS) is 17.1. The lowest BCUT2D eigenvalue weighted by atomic mass is 10.00. The maximum atomic E-state index is 6.05. The van der Waals surface area contributed by atoms with Crippen LogP contribution in [0.2, 0.25) is 5.02 Å². The maximum absolute atomic E-state index is 6.05. The van der Waals surface area contributed by atoms with E-state index in [9.17, 15) is 0 Å². The summed E-state index contributed by atoms with van der Waals surface area (Å²) in [5.74, 6) is 1.17. The second-order valence-electron chi connectivity index (χ2n) is 7.02. The molecule has 1 aromatic carbocycles. The number of nitrogens with two attached hydrogens (primary N) is 1. The summed E-state index contributed by atoms with van der Waals surface area (Å²) in [6, 6.07) is 7.95. The number of anilines is 1. The smallest absolute Gasteiger partial charge is 0.220 e. The van der Waals surface area contributed by atoms with Crippen molar-refractivity contribution in [3.8, 4) is 11.1 Å². The topological polar surface area (TPSA) is 80.8 Å². The molecule has 0 bridgehead atoms. The molecular weight excluding hydrogens is 372 g/mol. The second-order valence-corrected chi connectivity index (χ2v) is 7.46. The molecule has 2 aromatic heterocycles. The Morgan fingerprint density at radius 2 is 1.86 bits per heavy atom. The lowest BCUT2D eigenvalue weighted by Crippen LogP contribution is -2.24. The predicted molar refractivity (Wildman–Crippen MR) is 111 cm³/mol. The molecule has 1 saturated heterocycles. The van der Waals surface area contributed by atoms with Crippen LogP contribution in [0.15, 0.2) is 42.9 Å². The van der Waals surface area contributed by atoms with Gasteiger partial charge in [-0.2, -0.15) is 0 Å². The summed E-state index contributed by atoms with van der Waals surface area (Å²) in [5.41, 5.74) is 10.1. The quantitative estimate of drug-likeness (QED) is 0.702. The summed E-state index contributed by atoms with van der Waals surface area (Å²) < 4.78 is 0. The molecule has 0 unspecified atom stereocenters. The summed E-state index contributed by atoms with van der Waals surface area (Å²) in [6.07, 6.45) is 8.66. The zero-order valence-corrected chi connectivity index (χ0v) is 16.6. The first-order valence-electron chi connectivity index (χ1n) is 9.56. The monoisotopic (exact) mass is 394 g/mol. The third-order valence-corrected chi connectivity index (χ3v) is 5.38. The van der Waals surface area contributed by atoms with Gasteiger partial charge >= 0.3 is 0 Å². The van der Waals surface area contributed by atoms with Crippen molar-refractivity contribution in [3.05, 3.63) is 65.0 Å². The Kier molecular flexibility index (Phi) is 5.50. The highest BCUT2D eigenvalue weighted by Crippen LogP contribution is 2.37. The Morgan fingerprint density at radius 1 is 1.11 bits per heavy atom. The van der Waals surface area contributed by atoms with Gasteiger partial charge in [-0.3, -0.25) is 4.90 Å². The van der Waals surface area contributed by atoms with Crippen LogP contribution in [0.1, 0.15) is 42.9 Å². The van der Waals surface area contributed by atoms with Crippen molar-refractivity contribution < 1.29 is 0 Å². The molecule has 0 aliphatic carbocycles. The lowest BCUT2D eigenvalue weighted by Gasteiger charge is -2.25. The van der Waals surface area contributed by atoms with Crippen LogP contribution in [-0.2, 0) is 13.0 Å². The zero-order chi connectivity index (χ0) is 19.5. The summed E-state index contributed by atoms with van der Waals surface area (Å²) in [5, 5.41) is 0.708. The molecular formula is C21H23ClN6. The zero-order valence-electron chi connectivity index (χ0n) is 15.8. The van der Waals surface area contributed by atoms with Crippen LogP contribution in [0, 0.1) is 0 Å². The van der Waals surface area contributed by atoms with Crippen LogP contribution in [0.25, 0.3) is 11.1 Å². The Balaban J connectivity index is 1.64. The van der Waals surface area contributed by atoms with Crippen molar-refractivity contribution in [2.45, 2.75) is 38.8 Å². The minimum Gasteiger partial charge on any atom is -0.368 e. The van der Waals surface area contributed by atoms with Gasteiger partial charge < -0.3 is 5.73 Å². The van der Waals surface area contributed by atoms with E-state index in [2.05, 4.69) is 31.8 Å². The molecule has 1 atom stereocenters. The van der Waals surface area contributed by atoms with Crippen LogP contribution in [0.5, 0.6) is 0 Å². The van der Waals surface area contributed by atoms with Gasteiger partial charge in [0.15, 0.2) is 0 Å². The number of hydrogen-bond donors (Lipinski definition) is 1. The van der Waals surface area contributed by atoms with E-state index in [-0.39, 0.29) is 6.04 Å². The summed E-state index contributed by atoms with van der Waals surface area (Å²) in [7, 11) is 0. The Bertz CT molecular complexity index is 942. The molecule has 1 aliphatic rings. The fraction of sp³-hybridized carbons (Fsp3) is 0.333. The van der Waals surface area contributed by atoms with Gasteiger partial charge in [0.05, 0.1) is 11.7 Å². The molecule has 0 amide bonds. The van der Waals surface area contributed by atoms with E-state index in [1.807, 2.05) is 42.9 Å². The van der Waals surface area contributed by atoms with Crippen LogP contribution < -0.4 is 5.73 Å². The van der Waals surface area contributed by atoms with E-state index in [1.165, 1.54) is 0 Å². The van der Waals surface area contributed by atoms with E-state index < -0.39 is 0 Å². The lowest BCUT2D eigenvalue weighted by molar-refractivity contribution is 0.244. The van der Waals surface area contributed by atoms with Gasteiger partial charge in [-0.15, -0.1) is 0 Å². The molecule has 28 heavy (non-hydrogen) atoms. The van der Waals surface area contributed by atoms with Gasteiger partial charge in [-0.25, -0.2) is 19.9 Å². The van der Waals surface area contributed by atoms with Crippen molar-refractivity contribution in [3.63, 3.8) is 0 Å².